The summed E-state index contributed by atoms with van der Waals surface area (Å²) in [5.74, 6) is 0.786. The van der Waals surface area contributed by atoms with E-state index in [1.807, 2.05) is 19.1 Å². The summed E-state index contributed by atoms with van der Waals surface area (Å²) in [5, 5.41) is 37.8. The Hall–Kier alpha value is -2.46. The highest BCUT2D eigenvalue weighted by molar-refractivity contribution is 6.32. The Kier molecular flexibility index (Phi) is 7.33. The van der Waals surface area contributed by atoms with Crippen molar-refractivity contribution in [3.8, 4) is 11.3 Å². The van der Waals surface area contributed by atoms with Crippen molar-refractivity contribution in [1.82, 2.24) is 15.0 Å². The smallest absolute Gasteiger partial charge is 0.226 e. The van der Waals surface area contributed by atoms with Crippen LogP contribution >= 0.6 is 11.6 Å². The van der Waals surface area contributed by atoms with Crippen LogP contribution in [-0.2, 0) is 0 Å². The molecule has 3 heterocycles. The lowest BCUT2D eigenvalue weighted by Crippen LogP contribution is -2.35. The first-order chi connectivity index (χ1) is 15.9. The van der Waals surface area contributed by atoms with Crippen molar-refractivity contribution in [2.45, 2.75) is 57.8 Å². The third-order valence-electron chi connectivity index (χ3n) is 6.07. The number of anilines is 2. The number of aliphatic hydroxyl groups excluding tert-OH is 3. The summed E-state index contributed by atoms with van der Waals surface area (Å²) in [4.78, 5) is 13.3. The van der Waals surface area contributed by atoms with Crippen molar-refractivity contribution in [2.24, 2.45) is 5.92 Å². The molecule has 1 aliphatic rings. The molecular weight excluding hydrogens is 446 g/mol. The van der Waals surface area contributed by atoms with E-state index < -0.39 is 24.2 Å². The Balaban J connectivity index is 1.71. The van der Waals surface area contributed by atoms with Gasteiger partial charge in [0.05, 0.1) is 23.9 Å². The Morgan fingerprint density at radius 1 is 1.18 bits per heavy atom. The molecule has 0 radical (unpaired) electrons. The number of aromatic nitrogens is 3. The van der Waals surface area contributed by atoms with Gasteiger partial charge in [-0.3, -0.25) is 4.98 Å². The fourth-order valence-corrected chi connectivity index (χ4v) is 4.48. The highest BCUT2D eigenvalue weighted by Gasteiger charge is 2.41. The minimum atomic E-state index is -1.06. The predicted molar refractivity (Wildman–Crippen MR) is 127 cm³/mol. The van der Waals surface area contributed by atoms with Crippen LogP contribution in [0.25, 0.3) is 22.3 Å². The van der Waals surface area contributed by atoms with Gasteiger partial charge in [-0.2, -0.15) is 4.98 Å². The lowest BCUT2D eigenvalue weighted by Gasteiger charge is -2.21. The van der Waals surface area contributed by atoms with Crippen LogP contribution in [0.2, 0.25) is 5.15 Å². The highest BCUT2D eigenvalue weighted by Crippen LogP contribution is 2.39. The number of rotatable bonds is 9. The first-order valence-electron chi connectivity index (χ1n) is 11.3. The molecule has 0 aromatic carbocycles. The Bertz CT molecular complexity index is 1110. The van der Waals surface area contributed by atoms with Crippen molar-refractivity contribution in [3.63, 3.8) is 0 Å². The summed E-state index contributed by atoms with van der Waals surface area (Å²) < 4.78 is 6.00. The van der Waals surface area contributed by atoms with Crippen LogP contribution < -0.4 is 10.6 Å². The Morgan fingerprint density at radius 2 is 2.00 bits per heavy atom. The molecule has 5 N–H and O–H groups in total. The SMILES string of the molecule is CCCCCNc1nc(Cl)c(-c2cc3cc(C)ncc3o2)c(N[C@@H]2C[C@H](CO)[C@@H](O)[C@H]2O)n1. The van der Waals surface area contributed by atoms with E-state index in [-0.39, 0.29) is 11.8 Å². The standard InChI is InChI=1S/C23H30ClN5O4/c1-3-4-5-6-25-23-28-21(24)18(16-9-13-7-12(2)26-10-17(13)33-16)22(29-23)27-15-8-14(11-30)19(31)20(15)32/h7,9-10,14-15,19-20,30-32H,3-6,8,11H2,1-2H3,(H2,25,27,28,29)/t14-,15-,19-,20+/m1/s1. The molecule has 33 heavy (non-hydrogen) atoms. The number of furan rings is 1. The molecule has 9 nitrogen and oxygen atoms in total. The van der Waals surface area contributed by atoms with Gasteiger partial charge in [0, 0.05) is 30.1 Å². The second kappa shape index (κ2) is 10.2. The number of aryl methyl sites for hydroxylation is 1. The molecule has 1 fully saturated rings. The first-order valence-corrected chi connectivity index (χ1v) is 11.7. The molecule has 0 aliphatic heterocycles. The second-order valence-electron chi connectivity index (χ2n) is 8.58. The number of hydrogen-bond donors (Lipinski definition) is 5. The molecule has 4 atom stereocenters. The summed E-state index contributed by atoms with van der Waals surface area (Å²) >= 11 is 6.62. The molecular formula is C23H30ClN5O4. The average Bonchev–Trinajstić information content (AvgIpc) is 3.31. The van der Waals surface area contributed by atoms with Gasteiger partial charge in [0.2, 0.25) is 5.95 Å². The number of nitrogens with zero attached hydrogens (tertiary/aromatic N) is 3. The van der Waals surface area contributed by atoms with Crippen molar-refractivity contribution in [1.29, 1.82) is 0 Å². The van der Waals surface area contributed by atoms with Crippen molar-refractivity contribution < 1.29 is 19.7 Å². The van der Waals surface area contributed by atoms with Crippen LogP contribution in [0.15, 0.2) is 22.7 Å². The van der Waals surface area contributed by atoms with Gasteiger partial charge in [-0.15, -0.1) is 0 Å². The molecule has 1 aliphatic carbocycles. The van der Waals surface area contributed by atoms with E-state index in [1.54, 1.807) is 6.20 Å². The maximum Gasteiger partial charge on any atom is 0.226 e. The number of pyridine rings is 1. The molecule has 0 amide bonds. The van der Waals surface area contributed by atoms with Crippen LogP contribution in [0, 0.1) is 12.8 Å². The van der Waals surface area contributed by atoms with Crippen LogP contribution in [0.1, 0.15) is 38.3 Å². The van der Waals surface area contributed by atoms with Crippen LogP contribution in [-0.4, -0.2) is 61.7 Å². The number of halogens is 1. The van der Waals surface area contributed by atoms with E-state index in [1.165, 1.54) is 0 Å². The van der Waals surface area contributed by atoms with Gasteiger partial charge in [-0.1, -0.05) is 31.4 Å². The number of unbranched alkanes of at least 4 members (excludes halogenated alkanes) is 2. The first kappa shape index (κ1) is 23.7. The molecule has 1 saturated carbocycles. The third kappa shape index (κ3) is 5.06. The van der Waals surface area contributed by atoms with Crippen molar-refractivity contribution in [2.75, 3.05) is 23.8 Å². The summed E-state index contributed by atoms with van der Waals surface area (Å²) in [6, 6.07) is 3.24. The van der Waals surface area contributed by atoms with Gasteiger partial charge in [0.25, 0.3) is 0 Å². The zero-order chi connectivity index (χ0) is 23.5. The maximum atomic E-state index is 10.5. The molecule has 0 unspecified atom stereocenters. The number of hydrogen-bond acceptors (Lipinski definition) is 9. The quantitative estimate of drug-likeness (QED) is 0.233. The number of fused-ring (bicyclic) bond motifs is 1. The number of nitrogens with one attached hydrogen (secondary N) is 2. The van der Waals surface area contributed by atoms with Gasteiger partial charge in [0.15, 0.2) is 5.58 Å². The predicted octanol–water partition coefficient (Wildman–Crippen LogP) is 3.36. The summed E-state index contributed by atoms with van der Waals surface area (Å²) in [7, 11) is 0. The van der Waals surface area contributed by atoms with Crippen LogP contribution in [0.4, 0.5) is 11.8 Å². The Labute approximate surface area is 197 Å². The Morgan fingerprint density at radius 3 is 2.73 bits per heavy atom. The largest absolute Gasteiger partial charge is 0.454 e. The fraction of sp³-hybridized carbons (Fsp3) is 0.522. The van der Waals surface area contributed by atoms with E-state index in [2.05, 4.69) is 32.5 Å². The van der Waals surface area contributed by atoms with Gasteiger partial charge in [-0.05, 0) is 31.9 Å². The van der Waals surface area contributed by atoms with Crippen molar-refractivity contribution in [3.05, 3.63) is 29.2 Å². The van der Waals surface area contributed by atoms with Gasteiger partial charge < -0.3 is 30.4 Å². The van der Waals surface area contributed by atoms with E-state index >= 15 is 0 Å². The zero-order valence-corrected chi connectivity index (χ0v) is 19.5. The summed E-state index contributed by atoms with van der Waals surface area (Å²) in [5.41, 5.74) is 1.93. The van der Waals surface area contributed by atoms with Gasteiger partial charge in [-0.25, -0.2) is 4.98 Å². The monoisotopic (exact) mass is 475 g/mol. The minimum Gasteiger partial charge on any atom is -0.454 e. The molecule has 4 rings (SSSR count). The molecule has 178 valence electrons. The molecule has 3 aromatic rings. The molecule has 0 spiro atoms. The average molecular weight is 476 g/mol. The van der Waals surface area contributed by atoms with Gasteiger partial charge >= 0.3 is 0 Å². The van der Waals surface area contributed by atoms with E-state index in [4.69, 9.17) is 16.0 Å². The van der Waals surface area contributed by atoms with E-state index in [0.29, 0.717) is 41.6 Å². The van der Waals surface area contributed by atoms with E-state index in [9.17, 15) is 15.3 Å². The highest BCUT2D eigenvalue weighted by atomic mass is 35.5. The third-order valence-corrected chi connectivity index (χ3v) is 6.35. The van der Waals surface area contributed by atoms with Crippen LogP contribution in [0.5, 0.6) is 0 Å². The maximum absolute atomic E-state index is 10.5. The molecule has 10 heteroatoms. The van der Waals surface area contributed by atoms with Crippen LogP contribution in [0.3, 0.4) is 0 Å². The zero-order valence-electron chi connectivity index (χ0n) is 18.8. The van der Waals surface area contributed by atoms with Crippen molar-refractivity contribution >= 4 is 34.3 Å². The summed E-state index contributed by atoms with van der Waals surface area (Å²) in [6.45, 7) is 4.53. The molecule has 3 aromatic heterocycles. The molecule has 0 saturated heterocycles. The lowest BCUT2D eigenvalue weighted by atomic mass is 10.1. The second-order valence-corrected chi connectivity index (χ2v) is 8.94. The van der Waals surface area contributed by atoms with Gasteiger partial charge in [0.1, 0.15) is 22.8 Å². The fourth-order valence-electron chi connectivity index (χ4n) is 4.21. The number of aliphatic hydroxyl groups is 3. The lowest BCUT2D eigenvalue weighted by molar-refractivity contribution is 0.00446. The van der Waals surface area contributed by atoms with E-state index in [0.717, 1.165) is 30.3 Å². The summed E-state index contributed by atoms with van der Waals surface area (Å²) in [6.07, 6.45) is 3.11. The topological polar surface area (TPSA) is 137 Å². The minimum absolute atomic E-state index is 0.195. The molecule has 0 bridgehead atoms. The normalized spacial score (nSPS) is 22.7.